The van der Waals surface area contributed by atoms with Crippen LogP contribution in [0.1, 0.15) is 0 Å². The largest absolute Gasteiger partial charge is 0.423 e. The van der Waals surface area contributed by atoms with Crippen molar-refractivity contribution in [1.29, 1.82) is 0 Å². The predicted molar refractivity (Wildman–Crippen MR) is 45.9 cm³/mol. The van der Waals surface area contributed by atoms with E-state index in [0.717, 1.165) is 4.90 Å². The van der Waals surface area contributed by atoms with E-state index in [2.05, 4.69) is 11.9 Å². The molecule has 0 amide bonds. The SMILES string of the molecule is C=C1CNCCN1[C@@H](NN)C(F)(F)F. The summed E-state index contributed by atoms with van der Waals surface area (Å²) in [6, 6.07) is 0. The zero-order valence-electron chi connectivity index (χ0n) is 7.56. The van der Waals surface area contributed by atoms with Gasteiger partial charge in [-0.3, -0.25) is 5.84 Å². The van der Waals surface area contributed by atoms with Crippen LogP contribution in [0.15, 0.2) is 12.3 Å². The molecule has 7 heteroatoms. The Labute approximate surface area is 79.9 Å². The summed E-state index contributed by atoms with van der Waals surface area (Å²) in [5.74, 6) is 4.88. The summed E-state index contributed by atoms with van der Waals surface area (Å²) in [5.41, 5.74) is 2.14. The summed E-state index contributed by atoms with van der Waals surface area (Å²) in [6.07, 6.45) is -6.24. The van der Waals surface area contributed by atoms with E-state index in [9.17, 15) is 13.2 Å². The number of alkyl halides is 3. The second-order valence-corrected chi connectivity index (χ2v) is 3.05. The van der Waals surface area contributed by atoms with Crippen LogP contribution in [0.2, 0.25) is 0 Å². The number of halogens is 3. The van der Waals surface area contributed by atoms with Crippen molar-refractivity contribution < 1.29 is 13.2 Å². The minimum Gasteiger partial charge on any atom is -0.349 e. The zero-order chi connectivity index (χ0) is 10.8. The molecule has 0 aromatic heterocycles. The van der Waals surface area contributed by atoms with E-state index in [4.69, 9.17) is 5.84 Å². The van der Waals surface area contributed by atoms with E-state index >= 15 is 0 Å². The average molecular weight is 210 g/mol. The summed E-state index contributed by atoms with van der Waals surface area (Å²) < 4.78 is 37.3. The molecule has 1 heterocycles. The first-order valence-electron chi connectivity index (χ1n) is 4.15. The van der Waals surface area contributed by atoms with Crippen molar-refractivity contribution in [2.24, 2.45) is 5.84 Å². The van der Waals surface area contributed by atoms with Gasteiger partial charge in [-0.1, -0.05) is 6.58 Å². The standard InChI is InChI=1S/C7H13F3N4/c1-5-4-12-2-3-14(5)6(13-11)7(8,9)10/h6,12-13H,1-4,11H2/t6-/m1/s1. The molecule has 0 saturated carbocycles. The van der Waals surface area contributed by atoms with Gasteiger partial charge in [-0.25, -0.2) is 5.43 Å². The van der Waals surface area contributed by atoms with Crippen LogP contribution >= 0.6 is 0 Å². The Hall–Kier alpha value is -0.790. The first-order valence-corrected chi connectivity index (χ1v) is 4.15. The highest BCUT2D eigenvalue weighted by molar-refractivity contribution is 5.02. The third kappa shape index (κ3) is 2.37. The smallest absolute Gasteiger partial charge is 0.349 e. The molecule has 0 spiro atoms. The van der Waals surface area contributed by atoms with E-state index in [0.29, 0.717) is 18.8 Å². The molecule has 0 radical (unpaired) electrons. The highest BCUT2D eigenvalue weighted by Gasteiger charge is 2.43. The van der Waals surface area contributed by atoms with Crippen molar-refractivity contribution in [3.8, 4) is 0 Å². The number of hydrogen-bond acceptors (Lipinski definition) is 4. The lowest BCUT2D eigenvalue weighted by Crippen LogP contribution is -2.60. The first kappa shape index (κ1) is 11.3. The van der Waals surface area contributed by atoms with Crippen LogP contribution in [-0.4, -0.2) is 36.9 Å². The van der Waals surface area contributed by atoms with E-state index in [-0.39, 0.29) is 6.54 Å². The van der Waals surface area contributed by atoms with E-state index in [1.54, 1.807) is 5.43 Å². The Balaban J connectivity index is 2.72. The number of hydrazine groups is 1. The highest BCUT2D eigenvalue weighted by atomic mass is 19.4. The van der Waals surface area contributed by atoms with Gasteiger partial charge in [-0.05, 0) is 0 Å². The van der Waals surface area contributed by atoms with Gasteiger partial charge in [0.15, 0.2) is 6.17 Å². The van der Waals surface area contributed by atoms with Crippen molar-refractivity contribution in [2.75, 3.05) is 19.6 Å². The number of nitrogens with one attached hydrogen (secondary N) is 2. The molecule has 1 rings (SSSR count). The molecule has 1 aliphatic rings. The molecule has 4 nitrogen and oxygen atoms in total. The van der Waals surface area contributed by atoms with Gasteiger partial charge in [0.05, 0.1) is 0 Å². The highest BCUT2D eigenvalue weighted by Crippen LogP contribution is 2.25. The number of piperazine rings is 1. The van der Waals surface area contributed by atoms with Gasteiger partial charge in [0.25, 0.3) is 0 Å². The van der Waals surface area contributed by atoms with Crippen molar-refractivity contribution in [2.45, 2.75) is 12.3 Å². The second kappa shape index (κ2) is 4.16. The fourth-order valence-corrected chi connectivity index (χ4v) is 1.36. The van der Waals surface area contributed by atoms with E-state index < -0.39 is 12.3 Å². The lowest BCUT2D eigenvalue weighted by atomic mass is 10.2. The summed E-state index contributed by atoms with van der Waals surface area (Å²) in [4.78, 5) is 1.12. The van der Waals surface area contributed by atoms with Crippen LogP contribution in [0.3, 0.4) is 0 Å². The Kier molecular flexibility index (Phi) is 3.35. The molecule has 4 N–H and O–H groups in total. The third-order valence-corrected chi connectivity index (χ3v) is 2.04. The molecule has 0 unspecified atom stereocenters. The minimum atomic E-state index is -4.39. The topological polar surface area (TPSA) is 53.3 Å². The molecule has 1 fully saturated rings. The van der Waals surface area contributed by atoms with Crippen LogP contribution < -0.4 is 16.6 Å². The normalized spacial score (nSPS) is 21.1. The third-order valence-electron chi connectivity index (χ3n) is 2.04. The van der Waals surface area contributed by atoms with Crippen molar-refractivity contribution in [1.82, 2.24) is 15.6 Å². The fraction of sp³-hybridized carbons (Fsp3) is 0.714. The Morgan fingerprint density at radius 1 is 1.57 bits per heavy atom. The molecular formula is C7H13F3N4. The van der Waals surface area contributed by atoms with Crippen LogP contribution in [-0.2, 0) is 0 Å². The predicted octanol–water partition coefficient (Wildman–Crippen LogP) is -0.243. The summed E-state index contributed by atoms with van der Waals surface area (Å²) >= 11 is 0. The van der Waals surface area contributed by atoms with Crippen molar-refractivity contribution in [3.05, 3.63) is 12.3 Å². The molecule has 0 aromatic rings. The monoisotopic (exact) mass is 210 g/mol. The molecule has 14 heavy (non-hydrogen) atoms. The lowest BCUT2D eigenvalue weighted by Gasteiger charge is -2.38. The molecule has 0 aliphatic carbocycles. The summed E-state index contributed by atoms with van der Waals surface area (Å²) in [7, 11) is 0. The number of hydrogen-bond donors (Lipinski definition) is 3. The van der Waals surface area contributed by atoms with Crippen molar-refractivity contribution >= 4 is 0 Å². The molecular weight excluding hydrogens is 197 g/mol. The molecule has 0 aromatic carbocycles. The van der Waals surface area contributed by atoms with Crippen molar-refractivity contribution in [3.63, 3.8) is 0 Å². The van der Waals surface area contributed by atoms with Gasteiger partial charge >= 0.3 is 6.18 Å². The number of nitrogens with zero attached hydrogens (tertiary/aromatic N) is 1. The molecule has 82 valence electrons. The van der Waals surface area contributed by atoms with Gasteiger partial charge in [-0.2, -0.15) is 13.2 Å². The van der Waals surface area contributed by atoms with Gasteiger partial charge in [0.2, 0.25) is 0 Å². The maximum atomic E-state index is 12.4. The number of rotatable bonds is 2. The second-order valence-electron chi connectivity index (χ2n) is 3.05. The molecule has 1 saturated heterocycles. The quantitative estimate of drug-likeness (QED) is 0.435. The van der Waals surface area contributed by atoms with Gasteiger partial charge in [-0.15, -0.1) is 0 Å². The minimum absolute atomic E-state index is 0.243. The summed E-state index contributed by atoms with van der Waals surface area (Å²) in [6.45, 7) is 4.64. The number of nitrogens with two attached hydrogens (primary N) is 1. The molecule has 1 aliphatic heterocycles. The van der Waals surface area contributed by atoms with Crippen LogP contribution in [0.4, 0.5) is 13.2 Å². The van der Waals surface area contributed by atoms with Gasteiger partial charge in [0.1, 0.15) is 0 Å². The van der Waals surface area contributed by atoms with E-state index in [1.165, 1.54) is 0 Å². The maximum absolute atomic E-state index is 12.4. The molecule has 1 atom stereocenters. The van der Waals surface area contributed by atoms with E-state index in [1.807, 2.05) is 0 Å². The Morgan fingerprint density at radius 3 is 2.64 bits per heavy atom. The van der Waals surface area contributed by atoms with Crippen LogP contribution in [0, 0.1) is 0 Å². The average Bonchev–Trinajstić information content (AvgIpc) is 2.07. The summed E-state index contributed by atoms with van der Waals surface area (Å²) in [5, 5.41) is 2.92. The van der Waals surface area contributed by atoms with Gasteiger partial charge < -0.3 is 10.2 Å². The zero-order valence-corrected chi connectivity index (χ0v) is 7.56. The molecule has 0 bridgehead atoms. The first-order chi connectivity index (χ1) is 6.46. The Bertz CT molecular complexity index is 215. The maximum Gasteiger partial charge on any atom is 0.423 e. The van der Waals surface area contributed by atoms with Crippen LogP contribution in [0.5, 0.6) is 0 Å². The van der Waals surface area contributed by atoms with Gasteiger partial charge in [0, 0.05) is 25.3 Å². The Morgan fingerprint density at radius 2 is 2.21 bits per heavy atom. The lowest BCUT2D eigenvalue weighted by molar-refractivity contribution is -0.188. The van der Waals surface area contributed by atoms with Crippen LogP contribution in [0.25, 0.3) is 0 Å². The fourth-order valence-electron chi connectivity index (χ4n) is 1.36.